The third kappa shape index (κ3) is 4.84. The highest BCUT2D eigenvalue weighted by molar-refractivity contribution is 8.03. The fraction of sp³-hybridized carbons (Fsp3) is 0.182. The van der Waals surface area contributed by atoms with E-state index in [1.54, 1.807) is 0 Å². The third-order valence-corrected chi connectivity index (χ3v) is 9.32. The van der Waals surface area contributed by atoms with Gasteiger partial charge in [0, 0.05) is 17.5 Å². The minimum absolute atomic E-state index is 0. The number of fused-ring (bicyclic) bond motifs is 4. The van der Waals surface area contributed by atoms with Gasteiger partial charge in [-0.15, -0.1) is 0 Å². The van der Waals surface area contributed by atoms with Crippen LogP contribution in [0.4, 0.5) is 5.69 Å². The lowest BCUT2D eigenvalue weighted by molar-refractivity contribution is -0.664. The molecule has 1 aliphatic heterocycles. The Kier molecular flexibility index (Phi) is 8.08. The molecular weight excluding hydrogens is 568 g/mol. The van der Waals surface area contributed by atoms with E-state index in [0.29, 0.717) is 0 Å². The lowest BCUT2D eigenvalue weighted by atomic mass is 10.0. The van der Waals surface area contributed by atoms with Crippen LogP contribution in [-0.4, -0.2) is 6.54 Å². The van der Waals surface area contributed by atoms with E-state index in [-0.39, 0.29) is 17.0 Å². The van der Waals surface area contributed by atoms with Crippen LogP contribution in [0.5, 0.6) is 0 Å². The number of anilines is 1. The number of allylic oxidation sites excluding steroid dienone is 2. The number of thiazole rings is 1. The van der Waals surface area contributed by atoms with Gasteiger partial charge >= 0.3 is 0 Å². The Morgan fingerprint density at radius 2 is 1.66 bits per heavy atom. The summed E-state index contributed by atoms with van der Waals surface area (Å²) in [4.78, 5) is 3.79. The Bertz CT molecular complexity index is 1670. The number of thioether (sulfide) groups is 1. The van der Waals surface area contributed by atoms with E-state index in [1.807, 2.05) is 23.1 Å². The van der Waals surface area contributed by atoms with Gasteiger partial charge < -0.3 is 21.9 Å². The van der Waals surface area contributed by atoms with Crippen molar-refractivity contribution in [3.05, 3.63) is 107 Å². The second-order valence-electron chi connectivity index (χ2n) is 9.27. The van der Waals surface area contributed by atoms with Crippen LogP contribution < -0.4 is 26.4 Å². The molecule has 1 aromatic heterocycles. The van der Waals surface area contributed by atoms with Crippen molar-refractivity contribution in [2.75, 3.05) is 11.4 Å². The van der Waals surface area contributed by atoms with Crippen LogP contribution >= 0.6 is 23.1 Å². The summed E-state index contributed by atoms with van der Waals surface area (Å²) in [5.74, 6) is 0. The summed E-state index contributed by atoms with van der Waals surface area (Å²) < 4.78 is 3.83. The number of aromatic nitrogens is 1. The third-order valence-electron chi connectivity index (χ3n) is 7.11. The SMILES string of the molecule is CCC(/C=C1\Sc2ccc(-c3ccccc3)cc2N1CC)=C\c1sc2ccc3ccccc3c2[n+]1CC.[Br-]. The van der Waals surface area contributed by atoms with Crippen molar-refractivity contribution in [1.29, 1.82) is 0 Å². The van der Waals surface area contributed by atoms with Gasteiger partial charge in [0.25, 0.3) is 5.01 Å². The summed E-state index contributed by atoms with van der Waals surface area (Å²) in [6.07, 6.45) is 5.80. The van der Waals surface area contributed by atoms with Crippen LogP contribution in [0.3, 0.4) is 0 Å². The van der Waals surface area contributed by atoms with Crippen molar-refractivity contribution in [3.63, 3.8) is 0 Å². The van der Waals surface area contributed by atoms with E-state index in [9.17, 15) is 0 Å². The second-order valence-corrected chi connectivity index (χ2v) is 11.4. The number of halogens is 1. The lowest BCUT2D eigenvalue weighted by Gasteiger charge is -2.19. The molecule has 4 aromatic carbocycles. The minimum Gasteiger partial charge on any atom is -1.00 e. The maximum atomic E-state index is 2.48. The Morgan fingerprint density at radius 3 is 2.42 bits per heavy atom. The Morgan fingerprint density at radius 1 is 0.868 bits per heavy atom. The Hall–Kier alpha value is -2.86. The molecule has 0 fully saturated rings. The average Bonchev–Trinajstić information content (AvgIpc) is 3.49. The summed E-state index contributed by atoms with van der Waals surface area (Å²) in [6, 6.07) is 30.8. The Balaban J connectivity index is 0.00000294. The predicted molar refractivity (Wildman–Crippen MR) is 162 cm³/mol. The van der Waals surface area contributed by atoms with E-state index in [2.05, 4.69) is 127 Å². The number of nitrogens with zero attached hydrogens (tertiary/aromatic N) is 2. The molecule has 38 heavy (non-hydrogen) atoms. The number of hydrogen-bond donors (Lipinski definition) is 0. The zero-order valence-electron chi connectivity index (χ0n) is 21.9. The first-order valence-corrected chi connectivity index (χ1v) is 14.7. The van der Waals surface area contributed by atoms with Crippen LogP contribution in [0.2, 0.25) is 0 Å². The number of hydrogen-bond acceptors (Lipinski definition) is 3. The lowest BCUT2D eigenvalue weighted by Crippen LogP contribution is -3.00. The minimum atomic E-state index is 0. The number of aryl methyl sites for hydroxylation is 1. The van der Waals surface area contributed by atoms with Gasteiger partial charge in [0.1, 0.15) is 11.2 Å². The number of benzene rings is 4. The first-order valence-electron chi connectivity index (χ1n) is 13.1. The van der Waals surface area contributed by atoms with E-state index in [0.717, 1.165) is 19.5 Å². The van der Waals surface area contributed by atoms with Gasteiger partial charge in [-0.05, 0) is 72.7 Å². The molecule has 0 bridgehead atoms. The van der Waals surface area contributed by atoms with Crippen molar-refractivity contribution >= 4 is 55.9 Å². The molecule has 0 radical (unpaired) electrons. The quantitative estimate of drug-likeness (QED) is 0.212. The maximum absolute atomic E-state index is 2.48. The van der Waals surface area contributed by atoms with Gasteiger partial charge in [0.05, 0.1) is 16.1 Å². The Labute approximate surface area is 244 Å². The monoisotopic (exact) mass is 598 g/mol. The molecule has 0 aliphatic carbocycles. The first-order chi connectivity index (χ1) is 18.2. The summed E-state index contributed by atoms with van der Waals surface area (Å²) in [5.41, 5.74) is 6.56. The topological polar surface area (TPSA) is 7.12 Å². The van der Waals surface area contributed by atoms with E-state index in [1.165, 1.54) is 58.3 Å². The summed E-state index contributed by atoms with van der Waals surface area (Å²) >= 11 is 3.78. The highest BCUT2D eigenvalue weighted by Gasteiger charge is 2.25. The molecule has 0 atom stereocenters. The molecule has 0 saturated heterocycles. The molecule has 0 N–H and O–H groups in total. The van der Waals surface area contributed by atoms with Crippen LogP contribution in [0.25, 0.3) is 38.2 Å². The fourth-order valence-corrected chi connectivity index (χ4v) is 7.61. The average molecular weight is 600 g/mol. The highest BCUT2D eigenvalue weighted by Crippen LogP contribution is 2.47. The van der Waals surface area contributed by atoms with Crippen LogP contribution in [0, 0.1) is 0 Å². The molecule has 0 saturated carbocycles. The zero-order valence-corrected chi connectivity index (χ0v) is 25.2. The molecule has 0 amide bonds. The molecule has 5 heteroatoms. The van der Waals surface area contributed by atoms with E-state index >= 15 is 0 Å². The normalized spacial score (nSPS) is 14.3. The summed E-state index contributed by atoms with van der Waals surface area (Å²) in [6.45, 7) is 8.67. The van der Waals surface area contributed by atoms with Crippen molar-refractivity contribution < 1.29 is 21.5 Å². The first kappa shape index (κ1) is 26.7. The van der Waals surface area contributed by atoms with Crippen molar-refractivity contribution in [3.8, 4) is 11.1 Å². The fourth-order valence-electron chi connectivity index (χ4n) is 5.20. The van der Waals surface area contributed by atoms with Crippen molar-refractivity contribution in [2.45, 2.75) is 38.6 Å². The standard InChI is InChI=1S/C33H31N2S2.BrH/c1-4-23(21-32-35(6-3)33-27-15-11-10-14-25(27)16-19-30(33)37-32)20-31-34(5-2)28-22-26(17-18-29(28)36-31)24-12-8-7-9-13-24;/h7-22H,4-6H2,1-3H3;1H/q+1;/p-1. The maximum Gasteiger partial charge on any atom is 0.263 e. The molecule has 2 nitrogen and oxygen atoms in total. The van der Waals surface area contributed by atoms with Gasteiger partial charge in [-0.1, -0.05) is 90.7 Å². The highest BCUT2D eigenvalue weighted by atomic mass is 79.9. The zero-order chi connectivity index (χ0) is 25.4. The second kappa shape index (κ2) is 11.5. The molecule has 0 spiro atoms. The largest absolute Gasteiger partial charge is 1.00 e. The van der Waals surface area contributed by atoms with Crippen LogP contribution in [0.1, 0.15) is 32.2 Å². The molecule has 1 aliphatic rings. The van der Waals surface area contributed by atoms with E-state index in [4.69, 9.17) is 0 Å². The van der Waals surface area contributed by atoms with Gasteiger partial charge in [-0.2, -0.15) is 4.57 Å². The molecular formula is C33H31BrN2S2. The van der Waals surface area contributed by atoms with Gasteiger partial charge in [-0.3, -0.25) is 0 Å². The van der Waals surface area contributed by atoms with Gasteiger partial charge in [0.2, 0.25) is 5.52 Å². The predicted octanol–water partition coefficient (Wildman–Crippen LogP) is 6.30. The molecule has 2 heterocycles. The van der Waals surface area contributed by atoms with Crippen molar-refractivity contribution in [2.24, 2.45) is 0 Å². The summed E-state index contributed by atoms with van der Waals surface area (Å²) in [5, 5.41) is 5.27. The number of rotatable bonds is 6. The van der Waals surface area contributed by atoms with Gasteiger partial charge in [0.15, 0.2) is 0 Å². The van der Waals surface area contributed by atoms with E-state index < -0.39 is 0 Å². The molecule has 6 rings (SSSR count). The van der Waals surface area contributed by atoms with Gasteiger partial charge in [-0.25, -0.2) is 0 Å². The summed E-state index contributed by atoms with van der Waals surface area (Å²) in [7, 11) is 0. The molecule has 5 aromatic rings. The molecule has 0 unspecified atom stereocenters. The smallest absolute Gasteiger partial charge is 0.263 e. The molecule has 192 valence electrons. The van der Waals surface area contributed by atoms with Crippen molar-refractivity contribution in [1.82, 2.24) is 0 Å². The van der Waals surface area contributed by atoms with Crippen LogP contribution in [-0.2, 0) is 6.54 Å². The van der Waals surface area contributed by atoms with Crippen LogP contribution in [0.15, 0.2) is 107 Å².